The van der Waals surface area contributed by atoms with Crippen LogP contribution in [0.1, 0.15) is 27.7 Å². The minimum atomic E-state index is -0.668. The summed E-state index contributed by atoms with van der Waals surface area (Å²) in [7, 11) is 0. The van der Waals surface area contributed by atoms with Crippen LogP contribution in [0.2, 0.25) is 0 Å². The third-order valence-electron chi connectivity index (χ3n) is 3.94. The highest BCUT2D eigenvalue weighted by atomic mass is 16.3. The fourth-order valence-corrected chi connectivity index (χ4v) is 2.58. The molecule has 1 aliphatic heterocycles. The number of nitrogens with zero attached hydrogens (tertiary/aromatic N) is 1. The number of hydrogen-bond acceptors (Lipinski definition) is 3. The van der Waals surface area contributed by atoms with Gasteiger partial charge < -0.3 is 5.11 Å². The molecule has 15 heavy (non-hydrogen) atoms. The van der Waals surface area contributed by atoms with Gasteiger partial charge in [0, 0.05) is 0 Å². The third kappa shape index (κ3) is 1.17. The summed E-state index contributed by atoms with van der Waals surface area (Å²) < 4.78 is 0. The summed E-state index contributed by atoms with van der Waals surface area (Å²) in [5.74, 6) is -0.510. The summed E-state index contributed by atoms with van der Waals surface area (Å²) in [5, 5.41) is 9.40. The molecule has 1 N–H and O–H groups in total. The second-order valence-corrected chi connectivity index (χ2v) is 5.30. The smallest absolute Gasteiger partial charge is 0.234 e. The molecule has 4 unspecified atom stereocenters. The number of carbonyl (C=O) groups excluding carboxylic acids is 2. The SMILES string of the molecule is CC(O)C(C)N1C(=O)C2C(C1=O)C2(C)C. The van der Waals surface area contributed by atoms with Gasteiger partial charge in [0.2, 0.25) is 11.8 Å². The summed E-state index contributed by atoms with van der Waals surface area (Å²) in [6.07, 6.45) is -0.668. The molecule has 2 amide bonds. The van der Waals surface area contributed by atoms with Gasteiger partial charge in [0.25, 0.3) is 0 Å². The van der Waals surface area contributed by atoms with Gasteiger partial charge in [0.1, 0.15) is 0 Å². The number of piperidine rings is 1. The van der Waals surface area contributed by atoms with Crippen molar-refractivity contribution < 1.29 is 14.7 Å². The first kappa shape index (κ1) is 10.6. The van der Waals surface area contributed by atoms with Crippen molar-refractivity contribution in [1.29, 1.82) is 0 Å². The maximum Gasteiger partial charge on any atom is 0.234 e. The molecule has 0 bridgehead atoms. The highest BCUT2D eigenvalue weighted by Gasteiger charge is 2.73. The van der Waals surface area contributed by atoms with Crippen LogP contribution in [-0.2, 0) is 9.59 Å². The first-order valence-electron chi connectivity index (χ1n) is 5.35. The van der Waals surface area contributed by atoms with Crippen molar-refractivity contribution in [3.63, 3.8) is 0 Å². The number of amides is 2. The minimum absolute atomic E-state index is 0.108. The maximum atomic E-state index is 11.9. The molecule has 4 atom stereocenters. The predicted molar refractivity (Wildman–Crippen MR) is 53.8 cm³/mol. The Morgan fingerprint density at radius 3 is 1.93 bits per heavy atom. The Morgan fingerprint density at radius 1 is 1.20 bits per heavy atom. The Balaban J connectivity index is 2.21. The van der Waals surface area contributed by atoms with Crippen LogP contribution in [0.5, 0.6) is 0 Å². The monoisotopic (exact) mass is 211 g/mol. The zero-order valence-corrected chi connectivity index (χ0v) is 9.52. The van der Waals surface area contributed by atoms with E-state index in [9.17, 15) is 14.7 Å². The second-order valence-electron chi connectivity index (χ2n) is 5.30. The van der Waals surface area contributed by atoms with Gasteiger partial charge in [-0.3, -0.25) is 14.5 Å². The molecule has 4 heteroatoms. The van der Waals surface area contributed by atoms with Crippen molar-refractivity contribution in [1.82, 2.24) is 4.90 Å². The molecule has 1 heterocycles. The van der Waals surface area contributed by atoms with Crippen LogP contribution in [0.4, 0.5) is 0 Å². The predicted octanol–water partition coefficient (Wildman–Crippen LogP) is 0.397. The Kier molecular flexibility index (Phi) is 1.99. The van der Waals surface area contributed by atoms with E-state index in [0.717, 1.165) is 0 Å². The number of aliphatic hydroxyl groups is 1. The minimum Gasteiger partial charge on any atom is -0.391 e. The lowest BCUT2D eigenvalue weighted by Crippen LogP contribution is -2.47. The second kappa shape index (κ2) is 2.82. The van der Waals surface area contributed by atoms with Crippen LogP contribution in [0.3, 0.4) is 0 Å². The standard InChI is InChI=1S/C11H17NO3/c1-5(6(2)13)12-9(14)7-8(10(12)15)11(7,3)4/h5-8,13H,1-4H3. The van der Waals surface area contributed by atoms with Crippen molar-refractivity contribution in [3.05, 3.63) is 0 Å². The van der Waals surface area contributed by atoms with Gasteiger partial charge in [-0.15, -0.1) is 0 Å². The largest absolute Gasteiger partial charge is 0.391 e. The van der Waals surface area contributed by atoms with E-state index in [1.54, 1.807) is 13.8 Å². The Hall–Kier alpha value is -0.900. The average Bonchev–Trinajstić information content (AvgIpc) is 2.55. The Labute approximate surface area is 89.3 Å². The van der Waals surface area contributed by atoms with E-state index < -0.39 is 12.1 Å². The van der Waals surface area contributed by atoms with Crippen LogP contribution in [0.25, 0.3) is 0 Å². The Morgan fingerprint density at radius 2 is 1.60 bits per heavy atom. The number of aliphatic hydroxyl groups excluding tert-OH is 1. The van der Waals surface area contributed by atoms with Crippen LogP contribution < -0.4 is 0 Å². The van der Waals surface area contributed by atoms with E-state index >= 15 is 0 Å². The van der Waals surface area contributed by atoms with E-state index in [0.29, 0.717) is 0 Å². The molecule has 2 aliphatic rings. The third-order valence-corrected chi connectivity index (χ3v) is 3.94. The van der Waals surface area contributed by atoms with Crippen LogP contribution >= 0.6 is 0 Å². The molecule has 0 aromatic carbocycles. The fourth-order valence-electron chi connectivity index (χ4n) is 2.58. The van der Waals surface area contributed by atoms with Gasteiger partial charge in [-0.1, -0.05) is 13.8 Å². The number of rotatable bonds is 2. The Bertz CT molecular complexity index is 311. The van der Waals surface area contributed by atoms with Crippen LogP contribution in [-0.4, -0.2) is 34.0 Å². The first-order valence-corrected chi connectivity index (χ1v) is 5.35. The summed E-state index contributed by atoms with van der Waals surface area (Å²) in [4.78, 5) is 25.1. The molecular weight excluding hydrogens is 194 g/mol. The van der Waals surface area contributed by atoms with E-state index in [1.165, 1.54) is 4.90 Å². The van der Waals surface area contributed by atoms with Crippen molar-refractivity contribution >= 4 is 11.8 Å². The van der Waals surface area contributed by atoms with E-state index in [-0.39, 0.29) is 29.1 Å². The lowest BCUT2D eigenvalue weighted by molar-refractivity contribution is -0.147. The molecule has 1 aliphatic carbocycles. The van der Waals surface area contributed by atoms with Crippen molar-refractivity contribution in [3.8, 4) is 0 Å². The lowest BCUT2D eigenvalue weighted by Gasteiger charge is -2.28. The summed E-state index contributed by atoms with van der Waals surface area (Å²) >= 11 is 0. The topological polar surface area (TPSA) is 57.6 Å². The number of carbonyl (C=O) groups is 2. The van der Waals surface area contributed by atoms with Crippen molar-refractivity contribution in [2.75, 3.05) is 0 Å². The van der Waals surface area contributed by atoms with E-state index in [2.05, 4.69) is 0 Å². The summed E-state index contributed by atoms with van der Waals surface area (Å²) in [6, 6.07) is -0.409. The van der Waals surface area contributed by atoms with Crippen molar-refractivity contribution in [2.45, 2.75) is 39.8 Å². The van der Waals surface area contributed by atoms with E-state index in [4.69, 9.17) is 0 Å². The molecule has 2 fully saturated rings. The number of hydrogen-bond donors (Lipinski definition) is 1. The highest BCUT2D eigenvalue weighted by Crippen LogP contribution is 2.63. The molecule has 84 valence electrons. The molecule has 0 aromatic rings. The fraction of sp³-hybridized carbons (Fsp3) is 0.818. The normalized spacial score (nSPS) is 36.5. The average molecular weight is 211 g/mol. The van der Waals surface area contributed by atoms with Crippen LogP contribution in [0.15, 0.2) is 0 Å². The van der Waals surface area contributed by atoms with Crippen molar-refractivity contribution in [2.24, 2.45) is 17.3 Å². The molecule has 1 saturated carbocycles. The molecule has 0 radical (unpaired) electrons. The maximum absolute atomic E-state index is 11.9. The van der Waals surface area contributed by atoms with Crippen LogP contribution in [0, 0.1) is 17.3 Å². The van der Waals surface area contributed by atoms with Gasteiger partial charge in [-0.05, 0) is 19.3 Å². The van der Waals surface area contributed by atoms with Gasteiger partial charge in [-0.25, -0.2) is 0 Å². The lowest BCUT2D eigenvalue weighted by atomic mass is 10.0. The molecule has 2 rings (SSSR count). The van der Waals surface area contributed by atoms with Gasteiger partial charge in [-0.2, -0.15) is 0 Å². The zero-order chi connectivity index (χ0) is 11.5. The van der Waals surface area contributed by atoms with Gasteiger partial charge in [0.15, 0.2) is 0 Å². The summed E-state index contributed by atoms with van der Waals surface area (Å²) in [5.41, 5.74) is -0.164. The molecule has 4 nitrogen and oxygen atoms in total. The molecule has 1 saturated heterocycles. The molecule has 0 spiro atoms. The van der Waals surface area contributed by atoms with Gasteiger partial charge in [0.05, 0.1) is 24.0 Å². The number of likely N-dealkylation sites (tertiary alicyclic amines) is 1. The highest BCUT2D eigenvalue weighted by molar-refractivity contribution is 6.10. The number of imide groups is 1. The quantitative estimate of drug-likeness (QED) is 0.672. The zero-order valence-electron chi connectivity index (χ0n) is 9.52. The van der Waals surface area contributed by atoms with E-state index in [1.807, 2.05) is 13.8 Å². The first-order chi connectivity index (χ1) is 6.80. The van der Waals surface area contributed by atoms with Gasteiger partial charge >= 0.3 is 0 Å². The molecular formula is C11H17NO3. The number of fused-ring (bicyclic) bond motifs is 1. The summed E-state index contributed by atoms with van der Waals surface area (Å²) in [6.45, 7) is 7.20. The molecule has 0 aromatic heterocycles.